The van der Waals surface area contributed by atoms with E-state index in [-0.39, 0.29) is 24.4 Å². The molecule has 23 heavy (non-hydrogen) atoms. The van der Waals surface area contributed by atoms with Crippen LogP contribution < -0.4 is 11.1 Å². The number of carbonyl (C=O) groups is 1. The third kappa shape index (κ3) is 3.80. The van der Waals surface area contributed by atoms with E-state index >= 15 is 0 Å². The average molecular weight is 351 g/mol. The van der Waals surface area contributed by atoms with Gasteiger partial charge in [0.25, 0.3) is 5.91 Å². The molecule has 1 unspecified atom stereocenters. The lowest BCUT2D eigenvalue weighted by atomic mass is 9.87. The topological polar surface area (TPSA) is 55.1 Å². The molecule has 1 aliphatic carbocycles. The predicted octanol–water partition coefficient (Wildman–Crippen LogP) is 4.46. The number of hydrogen-bond acceptors (Lipinski definition) is 2. The molecule has 2 aromatic carbocycles. The van der Waals surface area contributed by atoms with E-state index in [0.29, 0.717) is 10.6 Å². The summed E-state index contributed by atoms with van der Waals surface area (Å²) in [5.41, 5.74) is 10.6. The smallest absolute Gasteiger partial charge is 0.252 e. The lowest BCUT2D eigenvalue weighted by Crippen LogP contribution is -2.31. The summed E-state index contributed by atoms with van der Waals surface area (Å²) in [5, 5.41) is 3.79. The van der Waals surface area contributed by atoms with Gasteiger partial charge in [-0.2, -0.15) is 0 Å². The molecule has 0 saturated carbocycles. The fourth-order valence-electron chi connectivity index (χ4n) is 3.10. The van der Waals surface area contributed by atoms with Crippen LogP contribution in [0.1, 0.15) is 45.9 Å². The standard InChI is InChI=1S/C18H19ClN2O.ClH/c1-11-9-13(19)5-7-15(11)18(22)21-17-4-2-3-12-10-14(20)6-8-16(12)17;/h5-10,17H,2-4,20H2,1H3,(H,21,22);1H. The highest BCUT2D eigenvalue weighted by atomic mass is 35.5. The Balaban J connectivity index is 0.00000192. The molecular weight excluding hydrogens is 331 g/mol. The molecule has 1 amide bonds. The Labute approximate surface area is 147 Å². The van der Waals surface area contributed by atoms with E-state index < -0.39 is 0 Å². The zero-order chi connectivity index (χ0) is 15.7. The van der Waals surface area contributed by atoms with E-state index in [9.17, 15) is 4.79 Å². The van der Waals surface area contributed by atoms with E-state index in [1.165, 1.54) is 11.1 Å². The molecule has 3 nitrogen and oxygen atoms in total. The number of amides is 1. The highest BCUT2D eigenvalue weighted by Gasteiger charge is 2.22. The Hall–Kier alpha value is -1.71. The van der Waals surface area contributed by atoms with Gasteiger partial charge in [-0.25, -0.2) is 0 Å². The Kier molecular flexibility index (Phi) is 5.55. The maximum atomic E-state index is 12.5. The van der Waals surface area contributed by atoms with E-state index in [0.717, 1.165) is 30.5 Å². The molecule has 0 saturated heterocycles. The molecule has 0 radical (unpaired) electrons. The summed E-state index contributed by atoms with van der Waals surface area (Å²) in [6, 6.07) is 11.3. The van der Waals surface area contributed by atoms with Gasteiger partial charge in [0.1, 0.15) is 0 Å². The van der Waals surface area contributed by atoms with Crippen LogP contribution in [-0.4, -0.2) is 5.91 Å². The van der Waals surface area contributed by atoms with Gasteiger partial charge in [-0.3, -0.25) is 4.79 Å². The summed E-state index contributed by atoms with van der Waals surface area (Å²) >= 11 is 5.95. The first-order valence-corrected chi connectivity index (χ1v) is 7.87. The van der Waals surface area contributed by atoms with Crippen molar-refractivity contribution in [2.45, 2.75) is 32.2 Å². The number of rotatable bonds is 2. The van der Waals surface area contributed by atoms with Crippen molar-refractivity contribution in [1.82, 2.24) is 5.32 Å². The fourth-order valence-corrected chi connectivity index (χ4v) is 3.33. The van der Waals surface area contributed by atoms with Crippen molar-refractivity contribution < 1.29 is 4.79 Å². The molecule has 122 valence electrons. The SMILES string of the molecule is Cc1cc(Cl)ccc1C(=O)NC1CCCc2cc(N)ccc21.Cl. The fraction of sp³-hybridized carbons (Fsp3) is 0.278. The molecule has 0 fully saturated rings. The van der Waals surface area contributed by atoms with Crippen LogP contribution in [-0.2, 0) is 6.42 Å². The molecule has 0 aromatic heterocycles. The summed E-state index contributed by atoms with van der Waals surface area (Å²) < 4.78 is 0. The molecule has 0 spiro atoms. The Morgan fingerprint density at radius 3 is 2.78 bits per heavy atom. The second-order valence-corrected chi connectivity index (χ2v) is 6.27. The Morgan fingerprint density at radius 2 is 2.04 bits per heavy atom. The predicted molar refractivity (Wildman–Crippen MR) is 97.4 cm³/mol. The van der Waals surface area contributed by atoms with Crippen LogP contribution in [0.2, 0.25) is 5.02 Å². The van der Waals surface area contributed by atoms with E-state index in [1.807, 2.05) is 31.2 Å². The maximum absolute atomic E-state index is 12.5. The molecule has 5 heteroatoms. The van der Waals surface area contributed by atoms with Gasteiger partial charge >= 0.3 is 0 Å². The summed E-state index contributed by atoms with van der Waals surface area (Å²) in [5.74, 6) is -0.0520. The molecule has 3 N–H and O–H groups in total. The Morgan fingerprint density at radius 1 is 1.26 bits per heavy atom. The highest BCUT2D eigenvalue weighted by molar-refractivity contribution is 6.30. The van der Waals surface area contributed by atoms with Gasteiger partial charge in [-0.05, 0) is 73.2 Å². The van der Waals surface area contributed by atoms with Crippen LogP contribution in [0.5, 0.6) is 0 Å². The summed E-state index contributed by atoms with van der Waals surface area (Å²) in [6.45, 7) is 1.90. The Bertz CT molecular complexity index is 731. The number of nitrogens with two attached hydrogens (primary N) is 1. The van der Waals surface area contributed by atoms with Gasteiger partial charge in [0, 0.05) is 16.3 Å². The first-order valence-electron chi connectivity index (χ1n) is 7.50. The van der Waals surface area contributed by atoms with Crippen LogP contribution in [0.4, 0.5) is 5.69 Å². The lowest BCUT2D eigenvalue weighted by Gasteiger charge is -2.27. The number of nitrogen functional groups attached to an aromatic ring is 1. The summed E-state index contributed by atoms with van der Waals surface area (Å²) in [6.07, 6.45) is 3.03. The number of fused-ring (bicyclic) bond motifs is 1. The summed E-state index contributed by atoms with van der Waals surface area (Å²) in [4.78, 5) is 12.5. The summed E-state index contributed by atoms with van der Waals surface area (Å²) in [7, 11) is 0. The largest absolute Gasteiger partial charge is 0.399 e. The molecule has 0 aliphatic heterocycles. The molecule has 3 rings (SSSR count). The van der Waals surface area contributed by atoms with Crippen molar-refractivity contribution in [1.29, 1.82) is 0 Å². The number of nitrogens with one attached hydrogen (secondary N) is 1. The minimum atomic E-state index is -0.0520. The molecule has 0 bridgehead atoms. The second kappa shape index (κ2) is 7.24. The quantitative estimate of drug-likeness (QED) is 0.785. The third-order valence-electron chi connectivity index (χ3n) is 4.22. The second-order valence-electron chi connectivity index (χ2n) is 5.84. The number of hydrogen-bond donors (Lipinski definition) is 2. The van der Waals surface area contributed by atoms with Gasteiger partial charge in [0.15, 0.2) is 0 Å². The third-order valence-corrected chi connectivity index (χ3v) is 4.45. The first kappa shape index (κ1) is 17.6. The number of benzene rings is 2. The number of anilines is 1. The van der Waals surface area contributed by atoms with E-state index in [1.54, 1.807) is 12.1 Å². The minimum Gasteiger partial charge on any atom is -0.399 e. The average Bonchev–Trinajstić information content (AvgIpc) is 2.47. The van der Waals surface area contributed by atoms with Crippen molar-refractivity contribution >= 4 is 35.6 Å². The monoisotopic (exact) mass is 350 g/mol. The normalized spacial score (nSPS) is 16.2. The number of aryl methyl sites for hydroxylation is 2. The van der Waals surface area contributed by atoms with Crippen molar-refractivity contribution in [3.8, 4) is 0 Å². The molecule has 1 aliphatic rings. The van der Waals surface area contributed by atoms with Gasteiger partial charge in [0.05, 0.1) is 6.04 Å². The van der Waals surface area contributed by atoms with Gasteiger partial charge in [-0.15, -0.1) is 12.4 Å². The minimum absolute atomic E-state index is 0. The molecule has 2 aromatic rings. The highest BCUT2D eigenvalue weighted by Crippen LogP contribution is 2.31. The van der Waals surface area contributed by atoms with Crippen molar-refractivity contribution in [3.05, 3.63) is 63.7 Å². The first-order chi connectivity index (χ1) is 10.5. The zero-order valence-electron chi connectivity index (χ0n) is 12.9. The van der Waals surface area contributed by atoms with Gasteiger partial charge in [0.2, 0.25) is 0 Å². The van der Waals surface area contributed by atoms with Crippen LogP contribution in [0, 0.1) is 6.92 Å². The molecular formula is C18H20Cl2N2O. The van der Waals surface area contributed by atoms with Gasteiger partial charge in [-0.1, -0.05) is 17.7 Å². The van der Waals surface area contributed by atoms with E-state index in [4.69, 9.17) is 17.3 Å². The number of halogens is 2. The van der Waals surface area contributed by atoms with Gasteiger partial charge < -0.3 is 11.1 Å². The van der Waals surface area contributed by atoms with Crippen LogP contribution in [0.25, 0.3) is 0 Å². The van der Waals surface area contributed by atoms with E-state index in [2.05, 4.69) is 5.32 Å². The molecule has 1 atom stereocenters. The van der Waals surface area contributed by atoms with Crippen molar-refractivity contribution in [3.63, 3.8) is 0 Å². The van der Waals surface area contributed by atoms with Crippen LogP contribution in [0.15, 0.2) is 36.4 Å². The number of carbonyl (C=O) groups excluding carboxylic acids is 1. The van der Waals surface area contributed by atoms with Crippen molar-refractivity contribution in [2.24, 2.45) is 0 Å². The zero-order valence-corrected chi connectivity index (χ0v) is 14.5. The van der Waals surface area contributed by atoms with Crippen molar-refractivity contribution in [2.75, 3.05) is 5.73 Å². The maximum Gasteiger partial charge on any atom is 0.252 e. The molecule has 0 heterocycles. The van der Waals surface area contributed by atoms with Crippen LogP contribution >= 0.6 is 24.0 Å². The van der Waals surface area contributed by atoms with Crippen LogP contribution in [0.3, 0.4) is 0 Å². The lowest BCUT2D eigenvalue weighted by molar-refractivity contribution is 0.0932.